The van der Waals surface area contributed by atoms with E-state index in [0.29, 0.717) is 17.1 Å². The molecule has 0 aliphatic heterocycles. The van der Waals surface area contributed by atoms with Crippen LogP contribution in [0, 0.1) is 13.8 Å². The van der Waals surface area contributed by atoms with E-state index in [2.05, 4.69) is 5.32 Å². The predicted octanol–water partition coefficient (Wildman–Crippen LogP) is 5.87. The summed E-state index contributed by atoms with van der Waals surface area (Å²) in [5, 5.41) is 3.39. The summed E-state index contributed by atoms with van der Waals surface area (Å²) >= 11 is 6.02. The number of aryl methyl sites for hydroxylation is 2. The van der Waals surface area contributed by atoms with Crippen LogP contribution >= 0.6 is 11.6 Å². The standard InChI is InChI=1S/C31H38ClN3O4S/c1-6-24(5)33-31(37)29(7-2)34(20-25-11-9-8-10-12-25)30(36)21-35(27-16-13-22(3)23(4)19-27)40(38,39)28-17-14-26(32)15-18-28/h8-19,24,29H,6-7,20-21H2,1-5H3,(H,33,37)/t24-,29+/m0/s1. The summed E-state index contributed by atoms with van der Waals surface area (Å²) in [7, 11) is -4.15. The zero-order valence-electron chi connectivity index (χ0n) is 23.7. The van der Waals surface area contributed by atoms with Crippen LogP contribution in [0.1, 0.15) is 50.3 Å². The quantitative estimate of drug-likeness (QED) is 0.289. The Balaban J connectivity index is 2.07. The highest BCUT2D eigenvalue weighted by Crippen LogP contribution is 2.27. The van der Waals surface area contributed by atoms with Crippen molar-refractivity contribution in [2.24, 2.45) is 0 Å². The topological polar surface area (TPSA) is 86.8 Å². The fourth-order valence-corrected chi connectivity index (χ4v) is 5.82. The number of hydrogen-bond donors (Lipinski definition) is 1. The van der Waals surface area contributed by atoms with Crippen LogP contribution in [0.25, 0.3) is 0 Å². The highest BCUT2D eigenvalue weighted by atomic mass is 35.5. The van der Waals surface area contributed by atoms with Crippen molar-refractivity contribution >= 4 is 39.1 Å². The van der Waals surface area contributed by atoms with Crippen LogP contribution in [0.2, 0.25) is 5.02 Å². The van der Waals surface area contributed by atoms with Gasteiger partial charge in [-0.05, 0) is 86.7 Å². The fourth-order valence-electron chi connectivity index (χ4n) is 4.28. The number of nitrogens with zero attached hydrogens (tertiary/aromatic N) is 2. The van der Waals surface area contributed by atoms with Crippen molar-refractivity contribution in [2.75, 3.05) is 10.8 Å². The average Bonchev–Trinajstić information content (AvgIpc) is 2.93. The van der Waals surface area contributed by atoms with Gasteiger partial charge in [-0.25, -0.2) is 8.42 Å². The fraction of sp³-hybridized carbons (Fsp3) is 0.355. The first kappa shape index (κ1) is 31.2. The maximum Gasteiger partial charge on any atom is 0.264 e. The van der Waals surface area contributed by atoms with Crippen LogP contribution in [0.3, 0.4) is 0 Å². The second kappa shape index (κ2) is 13.8. The summed E-state index contributed by atoms with van der Waals surface area (Å²) in [6.07, 6.45) is 1.11. The van der Waals surface area contributed by atoms with Gasteiger partial charge in [-0.2, -0.15) is 0 Å². The van der Waals surface area contributed by atoms with Crippen LogP contribution in [-0.4, -0.2) is 43.8 Å². The van der Waals surface area contributed by atoms with Crippen LogP contribution < -0.4 is 9.62 Å². The maximum absolute atomic E-state index is 14.1. The minimum atomic E-state index is -4.15. The Bertz CT molecular complexity index is 1410. The van der Waals surface area contributed by atoms with E-state index < -0.39 is 28.5 Å². The zero-order valence-corrected chi connectivity index (χ0v) is 25.3. The molecule has 3 aromatic rings. The molecule has 0 aliphatic rings. The van der Waals surface area contributed by atoms with Gasteiger partial charge < -0.3 is 10.2 Å². The lowest BCUT2D eigenvalue weighted by molar-refractivity contribution is -0.140. The number of amides is 2. The molecule has 0 aromatic heterocycles. The number of nitrogens with one attached hydrogen (secondary N) is 1. The van der Waals surface area contributed by atoms with Gasteiger partial charge in [0.15, 0.2) is 0 Å². The molecule has 3 rings (SSSR count). The molecule has 3 aromatic carbocycles. The molecule has 0 saturated carbocycles. The van der Waals surface area contributed by atoms with E-state index in [1.165, 1.54) is 29.2 Å². The van der Waals surface area contributed by atoms with Crippen molar-refractivity contribution in [3.05, 3.63) is 94.5 Å². The Morgan fingerprint density at radius 2 is 1.55 bits per heavy atom. The van der Waals surface area contributed by atoms with Gasteiger partial charge in [-0.3, -0.25) is 13.9 Å². The van der Waals surface area contributed by atoms with Crippen LogP contribution in [-0.2, 0) is 26.2 Å². The molecular weight excluding hydrogens is 546 g/mol. The molecule has 2 atom stereocenters. The number of hydrogen-bond acceptors (Lipinski definition) is 4. The van der Waals surface area contributed by atoms with Gasteiger partial charge in [0.25, 0.3) is 10.0 Å². The molecule has 0 aliphatic carbocycles. The van der Waals surface area contributed by atoms with Crippen LogP contribution in [0.15, 0.2) is 77.7 Å². The minimum absolute atomic E-state index is 0.0130. The molecule has 0 bridgehead atoms. The average molecular weight is 584 g/mol. The lowest BCUT2D eigenvalue weighted by Crippen LogP contribution is -2.53. The number of sulfonamides is 1. The summed E-state index contributed by atoms with van der Waals surface area (Å²) in [6.45, 7) is 9.24. The van der Waals surface area contributed by atoms with Crippen LogP contribution in [0.5, 0.6) is 0 Å². The summed E-state index contributed by atoms with van der Waals surface area (Å²) in [6, 6.07) is 19.7. The Kier molecular flexibility index (Phi) is 10.8. The third kappa shape index (κ3) is 7.64. The molecule has 40 heavy (non-hydrogen) atoms. The van der Waals surface area contributed by atoms with Gasteiger partial charge in [0.05, 0.1) is 10.6 Å². The largest absolute Gasteiger partial charge is 0.352 e. The molecule has 214 valence electrons. The van der Waals surface area contributed by atoms with Gasteiger partial charge in [0, 0.05) is 17.6 Å². The van der Waals surface area contributed by atoms with Gasteiger partial charge in [0.2, 0.25) is 11.8 Å². The Morgan fingerprint density at radius 1 is 0.900 bits per heavy atom. The zero-order chi connectivity index (χ0) is 29.4. The van der Waals surface area contributed by atoms with E-state index in [1.807, 2.05) is 71.0 Å². The smallest absolute Gasteiger partial charge is 0.264 e. The first-order valence-corrected chi connectivity index (χ1v) is 15.3. The van der Waals surface area contributed by atoms with Crippen molar-refractivity contribution in [3.63, 3.8) is 0 Å². The summed E-state index contributed by atoms with van der Waals surface area (Å²) in [5.74, 6) is -0.745. The van der Waals surface area contributed by atoms with Gasteiger partial charge in [-0.1, -0.05) is 61.8 Å². The second-order valence-electron chi connectivity index (χ2n) is 9.98. The third-order valence-corrected chi connectivity index (χ3v) is 9.08. The lowest BCUT2D eigenvalue weighted by Gasteiger charge is -2.34. The van der Waals surface area contributed by atoms with Crippen LogP contribution in [0.4, 0.5) is 5.69 Å². The number of carbonyl (C=O) groups is 2. The summed E-state index contributed by atoms with van der Waals surface area (Å²) in [5.41, 5.74) is 3.09. The van der Waals surface area contributed by atoms with Gasteiger partial charge in [0.1, 0.15) is 12.6 Å². The van der Waals surface area contributed by atoms with E-state index in [-0.39, 0.29) is 23.4 Å². The molecule has 0 radical (unpaired) electrons. The summed E-state index contributed by atoms with van der Waals surface area (Å²) < 4.78 is 29.0. The highest BCUT2D eigenvalue weighted by molar-refractivity contribution is 7.92. The molecule has 1 N–H and O–H groups in total. The Morgan fingerprint density at radius 3 is 2.12 bits per heavy atom. The van der Waals surface area contributed by atoms with E-state index in [0.717, 1.165) is 27.4 Å². The van der Waals surface area contributed by atoms with Crippen molar-refractivity contribution in [2.45, 2.75) is 71.0 Å². The number of rotatable bonds is 12. The van der Waals surface area contributed by atoms with E-state index in [4.69, 9.17) is 11.6 Å². The molecule has 0 unspecified atom stereocenters. The molecule has 2 amide bonds. The van der Waals surface area contributed by atoms with Crippen molar-refractivity contribution in [3.8, 4) is 0 Å². The molecule has 0 heterocycles. The van der Waals surface area contributed by atoms with E-state index in [1.54, 1.807) is 12.1 Å². The minimum Gasteiger partial charge on any atom is -0.352 e. The first-order valence-electron chi connectivity index (χ1n) is 13.5. The maximum atomic E-state index is 14.1. The normalized spacial score (nSPS) is 12.8. The number of carbonyl (C=O) groups excluding carboxylic acids is 2. The second-order valence-corrected chi connectivity index (χ2v) is 12.3. The Hall–Kier alpha value is -3.36. The number of benzene rings is 3. The molecule has 0 saturated heterocycles. The van der Waals surface area contributed by atoms with Gasteiger partial charge in [-0.15, -0.1) is 0 Å². The molecule has 7 nitrogen and oxygen atoms in total. The first-order chi connectivity index (χ1) is 19.0. The summed E-state index contributed by atoms with van der Waals surface area (Å²) in [4.78, 5) is 28.9. The molecule has 0 spiro atoms. The predicted molar refractivity (Wildman–Crippen MR) is 161 cm³/mol. The molecule has 9 heteroatoms. The van der Waals surface area contributed by atoms with Gasteiger partial charge >= 0.3 is 0 Å². The van der Waals surface area contributed by atoms with Crippen molar-refractivity contribution in [1.82, 2.24) is 10.2 Å². The molecule has 0 fully saturated rings. The highest BCUT2D eigenvalue weighted by Gasteiger charge is 2.34. The molecular formula is C31H38ClN3O4S. The third-order valence-electron chi connectivity index (χ3n) is 7.04. The Labute approximate surface area is 243 Å². The monoisotopic (exact) mass is 583 g/mol. The number of halogens is 1. The number of anilines is 1. The van der Waals surface area contributed by atoms with Crippen molar-refractivity contribution in [1.29, 1.82) is 0 Å². The van der Waals surface area contributed by atoms with E-state index >= 15 is 0 Å². The SMILES string of the molecule is CC[C@H](C(=O)N[C@@H](C)CC)N(Cc1ccccc1)C(=O)CN(c1ccc(C)c(C)c1)S(=O)(=O)c1ccc(Cl)cc1. The lowest BCUT2D eigenvalue weighted by atomic mass is 10.1. The van der Waals surface area contributed by atoms with E-state index in [9.17, 15) is 18.0 Å². The van der Waals surface area contributed by atoms with Crippen molar-refractivity contribution < 1.29 is 18.0 Å².